The second kappa shape index (κ2) is 8.91. The van der Waals surface area contributed by atoms with Gasteiger partial charge in [0.15, 0.2) is 11.5 Å². The molecule has 0 aliphatic rings. The van der Waals surface area contributed by atoms with Gasteiger partial charge in [-0.2, -0.15) is 0 Å². The van der Waals surface area contributed by atoms with Crippen LogP contribution in [0.25, 0.3) is 0 Å². The molecule has 5 heteroatoms. The van der Waals surface area contributed by atoms with Crippen molar-refractivity contribution in [3.8, 4) is 23.0 Å². The fraction of sp³-hybridized carbons (Fsp3) is 0.368. The number of ether oxygens (including phenoxy) is 4. The fourth-order valence-corrected chi connectivity index (χ4v) is 2.23. The summed E-state index contributed by atoms with van der Waals surface area (Å²) in [4.78, 5) is 0. The molecule has 0 unspecified atom stereocenters. The van der Waals surface area contributed by atoms with Crippen LogP contribution >= 0.6 is 0 Å². The molecule has 0 amide bonds. The highest BCUT2D eigenvalue weighted by Crippen LogP contribution is 2.28. The molecule has 0 spiro atoms. The molecule has 2 aromatic carbocycles. The number of hydrogen-bond donors (Lipinski definition) is 1. The molecule has 0 aliphatic carbocycles. The van der Waals surface area contributed by atoms with Crippen molar-refractivity contribution >= 4 is 5.69 Å². The van der Waals surface area contributed by atoms with Crippen molar-refractivity contribution in [1.82, 2.24) is 0 Å². The monoisotopic (exact) mass is 331 g/mol. The summed E-state index contributed by atoms with van der Waals surface area (Å²) in [5.41, 5.74) is 7.55. The minimum Gasteiger partial charge on any atom is -0.497 e. The Kier molecular flexibility index (Phi) is 6.61. The van der Waals surface area contributed by atoms with Gasteiger partial charge in [0.05, 0.1) is 26.9 Å². The Morgan fingerprint density at radius 1 is 0.875 bits per heavy atom. The highest BCUT2D eigenvalue weighted by atomic mass is 16.5. The number of nitrogen functional groups attached to an aromatic ring is 1. The number of hydrogen-bond acceptors (Lipinski definition) is 5. The van der Waals surface area contributed by atoms with Gasteiger partial charge in [-0.25, -0.2) is 0 Å². The number of methoxy groups -OCH3 is 1. The first kappa shape index (κ1) is 17.8. The van der Waals surface area contributed by atoms with Crippen LogP contribution in [0.3, 0.4) is 0 Å². The molecule has 0 aliphatic heterocycles. The molecular weight excluding hydrogens is 306 g/mol. The van der Waals surface area contributed by atoms with E-state index in [1.807, 2.05) is 38.1 Å². The van der Waals surface area contributed by atoms with Gasteiger partial charge in [-0.1, -0.05) is 6.07 Å². The summed E-state index contributed by atoms with van der Waals surface area (Å²) in [6, 6.07) is 11.3. The highest BCUT2D eigenvalue weighted by Gasteiger charge is 2.05. The van der Waals surface area contributed by atoms with Crippen LogP contribution in [0.4, 0.5) is 5.69 Å². The van der Waals surface area contributed by atoms with Crippen LogP contribution in [0.2, 0.25) is 0 Å². The predicted molar refractivity (Wildman–Crippen MR) is 95.4 cm³/mol. The largest absolute Gasteiger partial charge is 0.497 e. The molecule has 130 valence electrons. The van der Waals surface area contributed by atoms with Crippen LogP contribution in [0.15, 0.2) is 36.4 Å². The van der Waals surface area contributed by atoms with E-state index in [4.69, 9.17) is 24.7 Å². The van der Waals surface area contributed by atoms with Crippen molar-refractivity contribution in [2.75, 3.05) is 32.7 Å². The van der Waals surface area contributed by atoms with Gasteiger partial charge >= 0.3 is 0 Å². The molecule has 2 N–H and O–H groups in total. The van der Waals surface area contributed by atoms with Gasteiger partial charge in [0, 0.05) is 30.3 Å². The Hall–Kier alpha value is -2.56. The van der Waals surface area contributed by atoms with Gasteiger partial charge in [-0.3, -0.25) is 0 Å². The van der Waals surface area contributed by atoms with Gasteiger partial charge < -0.3 is 24.7 Å². The lowest BCUT2D eigenvalue weighted by Gasteiger charge is -2.13. The molecule has 0 fully saturated rings. The van der Waals surface area contributed by atoms with E-state index >= 15 is 0 Å². The third kappa shape index (κ3) is 5.26. The molecule has 0 atom stereocenters. The average Bonchev–Trinajstić information content (AvgIpc) is 2.56. The SMILES string of the molecule is CCOc1ccc(C)cc1OCCCOc1cc(N)cc(OC)c1. The van der Waals surface area contributed by atoms with Crippen molar-refractivity contribution in [1.29, 1.82) is 0 Å². The Morgan fingerprint density at radius 3 is 2.38 bits per heavy atom. The zero-order valence-electron chi connectivity index (χ0n) is 14.5. The smallest absolute Gasteiger partial charge is 0.161 e. The number of anilines is 1. The molecule has 2 rings (SSSR count). The van der Waals surface area contributed by atoms with Crippen molar-refractivity contribution in [2.45, 2.75) is 20.3 Å². The van der Waals surface area contributed by atoms with Gasteiger partial charge in [0.25, 0.3) is 0 Å². The van der Waals surface area contributed by atoms with Crippen LogP contribution in [0.5, 0.6) is 23.0 Å². The predicted octanol–water partition coefficient (Wildman–Crippen LogP) is 3.83. The quantitative estimate of drug-likeness (QED) is 0.559. The topological polar surface area (TPSA) is 62.9 Å². The van der Waals surface area contributed by atoms with Crippen molar-refractivity contribution in [2.24, 2.45) is 0 Å². The normalized spacial score (nSPS) is 10.3. The summed E-state index contributed by atoms with van der Waals surface area (Å²) in [6.45, 7) is 5.67. The summed E-state index contributed by atoms with van der Waals surface area (Å²) in [6.07, 6.45) is 0.747. The fourth-order valence-electron chi connectivity index (χ4n) is 2.23. The summed E-state index contributed by atoms with van der Waals surface area (Å²) >= 11 is 0. The molecule has 0 saturated carbocycles. The third-order valence-electron chi connectivity index (χ3n) is 3.35. The Balaban J connectivity index is 1.81. The van der Waals surface area contributed by atoms with E-state index in [9.17, 15) is 0 Å². The molecule has 5 nitrogen and oxygen atoms in total. The third-order valence-corrected chi connectivity index (χ3v) is 3.35. The zero-order chi connectivity index (χ0) is 17.4. The number of aryl methyl sites for hydroxylation is 1. The molecule has 0 saturated heterocycles. The van der Waals surface area contributed by atoms with Gasteiger partial charge in [-0.15, -0.1) is 0 Å². The first-order valence-electron chi connectivity index (χ1n) is 8.06. The van der Waals surface area contributed by atoms with E-state index in [1.165, 1.54) is 0 Å². The maximum atomic E-state index is 5.82. The molecule has 0 heterocycles. The Labute approximate surface area is 143 Å². The van der Waals surface area contributed by atoms with E-state index < -0.39 is 0 Å². The summed E-state index contributed by atoms with van der Waals surface area (Å²) in [5, 5.41) is 0. The van der Waals surface area contributed by atoms with Gasteiger partial charge in [0.2, 0.25) is 0 Å². The summed E-state index contributed by atoms with van der Waals surface area (Å²) in [7, 11) is 1.60. The summed E-state index contributed by atoms with van der Waals surface area (Å²) < 4.78 is 22.3. The van der Waals surface area contributed by atoms with E-state index in [-0.39, 0.29) is 0 Å². The average molecular weight is 331 g/mol. The minimum absolute atomic E-state index is 0.530. The van der Waals surface area contributed by atoms with E-state index in [0.717, 1.165) is 23.5 Å². The molecule has 24 heavy (non-hydrogen) atoms. The van der Waals surface area contributed by atoms with Crippen molar-refractivity contribution in [3.05, 3.63) is 42.0 Å². The van der Waals surface area contributed by atoms with Crippen LogP contribution < -0.4 is 24.7 Å². The number of rotatable bonds is 9. The zero-order valence-corrected chi connectivity index (χ0v) is 14.5. The summed E-state index contributed by atoms with van der Waals surface area (Å²) in [5.74, 6) is 2.91. The standard InChI is InChI=1S/C19H25NO4/c1-4-22-18-7-6-14(2)10-19(18)24-9-5-8-23-17-12-15(20)11-16(13-17)21-3/h6-7,10-13H,4-5,8-9,20H2,1-3H3. The van der Waals surface area contributed by atoms with Gasteiger partial charge in [-0.05, 0) is 31.5 Å². The Bertz CT molecular complexity index is 658. The van der Waals surface area contributed by atoms with Crippen molar-refractivity contribution in [3.63, 3.8) is 0 Å². The van der Waals surface area contributed by atoms with Crippen LogP contribution in [0.1, 0.15) is 18.9 Å². The lowest BCUT2D eigenvalue weighted by molar-refractivity contribution is 0.235. The molecule has 0 radical (unpaired) electrons. The van der Waals surface area contributed by atoms with E-state index in [2.05, 4.69) is 0 Å². The maximum absolute atomic E-state index is 5.82. The molecule has 0 aromatic heterocycles. The number of benzene rings is 2. The van der Waals surface area contributed by atoms with Crippen LogP contribution in [0, 0.1) is 6.92 Å². The lowest BCUT2D eigenvalue weighted by atomic mass is 10.2. The molecule has 2 aromatic rings. The van der Waals surface area contributed by atoms with Crippen molar-refractivity contribution < 1.29 is 18.9 Å². The van der Waals surface area contributed by atoms with E-state index in [1.54, 1.807) is 19.2 Å². The first-order valence-corrected chi connectivity index (χ1v) is 8.06. The molecular formula is C19H25NO4. The Morgan fingerprint density at radius 2 is 1.62 bits per heavy atom. The van der Waals surface area contributed by atoms with Crippen LogP contribution in [-0.4, -0.2) is 26.9 Å². The lowest BCUT2D eigenvalue weighted by Crippen LogP contribution is -2.06. The second-order valence-electron chi connectivity index (χ2n) is 5.38. The second-order valence-corrected chi connectivity index (χ2v) is 5.38. The minimum atomic E-state index is 0.530. The maximum Gasteiger partial charge on any atom is 0.161 e. The highest BCUT2D eigenvalue weighted by molar-refractivity contribution is 5.50. The van der Waals surface area contributed by atoms with Crippen LogP contribution in [-0.2, 0) is 0 Å². The first-order chi connectivity index (χ1) is 11.6. The van der Waals surface area contributed by atoms with E-state index in [0.29, 0.717) is 37.0 Å². The van der Waals surface area contributed by atoms with Gasteiger partial charge in [0.1, 0.15) is 11.5 Å². The molecule has 0 bridgehead atoms. The number of nitrogens with two attached hydrogens (primary N) is 1.